The second-order valence-electron chi connectivity index (χ2n) is 9.46. The second-order valence-corrected chi connectivity index (χ2v) is 9.46. The number of methoxy groups -OCH3 is 1. The van der Waals surface area contributed by atoms with Gasteiger partial charge in [-0.05, 0) is 54.5 Å². The molecule has 3 N–H and O–H groups in total. The van der Waals surface area contributed by atoms with Gasteiger partial charge >= 0.3 is 0 Å². The van der Waals surface area contributed by atoms with Crippen molar-refractivity contribution in [3.63, 3.8) is 0 Å². The Labute approximate surface area is 173 Å². The van der Waals surface area contributed by atoms with E-state index in [1.165, 1.54) is 29.5 Å². The standard InChI is InChI=1S/C25H32N2O2/c1-29-25(20-7-4-8-23(26)13-20)21-9-10-22(25)16-27(15-21)17-24(28)12-11-18-5-2-3-6-19(18)14-24/h2-8,13,21-22,28H,9-12,14-17,26H2,1H3. The van der Waals surface area contributed by atoms with Gasteiger partial charge in [0.05, 0.1) is 5.60 Å². The first-order valence-electron chi connectivity index (χ1n) is 11.0. The lowest BCUT2D eigenvalue weighted by atomic mass is 9.74. The SMILES string of the molecule is COC1(c2cccc(N)c2)C2CCC1CN(CC1(O)CCc3ccccc3C1)C2. The number of nitrogen functional groups attached to an aromatic ring is 1. The van der Waals surface area contributed by atoms with Crippen molar-refractivity contribution in [1.29, 1.82) is 0 Å². The largest absolute Gasteiger partial charge is 0.399 e. The molecule has 1 heterocycles. The van der Waals surface area contributed by atoms with E-state index in [4.69, 9.17) is 10.5 Å². The van der Waals surface area contributed by atoms with Crippen LogP contribution in [0.3, 0.4) is 0 Å². The number of nitrogens with zero attached hydrogens (tertiary/aromatic N) is 1. The molecule has 2 fully saturated rings. The number of benzene rings is 2. The van der Waals surface area contributed by atoms with Gasteiger partial charge in [-0.15, -0.1) is 0 Å². The molecule has 0 amide bonds. The third-order valence-electron chi connectivity index (χ3n) is 7.72. The van der Waals surface area contributed by atoms with Crippen molar-refractivity contribution in [2.45, 2.75) is 43.3 Å². The maximum atomic E-state index is 11.4. The number of hydrogen-bond donors (Lipinski definition) is 2. The Morgan fingerprint density at radius 2 is 1.79 bits per heavy atom. The molecule has 1 aliphatic heterocycles. The Morgan fingerprint density at radius 3 is 2.48 bits per heavy atom. The summed E-state index contributed by atoms with van der Waals surface area (Å²) in [6.45, 7) is 2.71. The van der Waals surface area contributed by atoms with E-state index in [2.05, 4.69) is 41.3 Å². The molecule has 4 heteroatoms. The first-order valence-corrected chi connectivity index (χ1v) is 11.0. The zero-order valence-corrected chi connectivity index (χ0v) is 17.3. The summed E-state index contributed by atoms with van der Waals surface area (Å²) in [7, 11) is 1.86. The summed E-state index contributed by atoms with van der Waals surface area (Å²) in [5, 5.41) is 11.4. The Bertz CT molecular complexity index is 884. The molecule has 154 valence electrons. The number of rotatable bonds is 4. The van der Waals surface area contributed by atoms with Crippen LogP contribution < -0.4 is 5.73 Å². The van der Waals surface area contributed by atoms with E-state index in [1.54, 1.807) is 0 Å². The summed E-state index contributed by atoms with van der Waals surface area (Å²) in [5.74, 6) is 0.875. The molecule has 3 unspecified atom stereocenters. The fraction of sp³-hybridized carbons (Fsp3) is 0.520. The van der Waals surface area contributed by atoms with E-state index in [9.17, 15) is 5.11 Å². The number of anilines is 1. The number of fused-ring (bicyclic) bond motifs is 3. The lowest BCUT2D eigenvalue weighted by molar-refractivity contribution is -0.129. The van der Waals surface area contributed by atoms with Crippen molar-refractivity contribution in [2.24, 2.45) is 11.8 Å². The minimum absolute atomic E-state index is 0.242. The monoisotopic (exact) mass is 392 g/mol. The molecule has 2 aromatic carbocycles. The summed E-state index contributed by atoms with van der Waals surface area (Å²) in [4.78, 5) is 2.50. The molecule has 2 aromatic rings. The average Bonchev–Trinajstić information content (AvgIpc) is 2.91. The Morgan fingerprint density at radius 1 is 1.07 bits per heavy atom. The number of aryl methyl sites for hydroxylation is 1. The number of nitrogens with two attached hydrogens (primary N) is 1. The van der Waals surface area contributed by atoms with E-state index in [-0.39, 0.29) is 5.60 Å². The quantitative estimate of drug-likeness (QED) is 0.784. The third-order valence-corrected chi connectivity index (χ3v) is 7.72. The molecule has 0 spiro atoms. The minimum Gasteiger partial charge on any atom is -0.399 e. The van der Waals surface area contributed by atoms with E-state index >= 15 is 0 Å². The molecular weight excluding hydrogens is 360 g/mol. The average molecular weight is 393 g/mol. The van der Waals surface area contributed by atoms with Gasteiger partial charge < -0.3 is 15.6 Å². The minimum atomic E-state index is -0.627. The van der Waals surface area contributed by atoms with Crippen molar-refractivity contribution in [3.05, 3.63) is 65.2 Å². The van der Waals surface area contributed by atoms with Crippen molar-refractivity contribution in [2.75, 3.05) is 32.5 Å². The van der Waals surface area contributed by atoms with E-state index in [1.807, 2.05) is 19.2 Å². The summed E-state index contributed by atoms with van der Waals surface area (Å²) in [6.07, 6.45) is 4.93. The van der Waals surface area contributed by atoms with E-state index < -0.39 is 5.60 Å². The summed E-state index contributed by atoms with van der Waals surface area (Å²) in [6, 6.07) is 16.8. The molecule has 0 radical (unpaired) electrons. The highest BCUT2D eigenvalue weighted by molar-refractivity contribution is 5.44. The summed E-state index contributed by atoms with van der Waals surface area (Å²) >= 11 is 0. The zero-order chi connectivity index (χ0) is 20.1. The van der Waals surface area contributed by atoms with Gasteiger partial charge in [0.2, 0.25) is 0 Å². The van der Waals surface area contributed by atoms with Gasteiger partial charge in [0.25, 0.3) is 0 Å². The molecule has 3 atom stereocenters. The lowest BCUT2D eigenvalue weighted by Gasteiger charge is -2.49. The van der Waals surface area contributed by atoms with Crippen molar-refractivity contribution in [1.82, 2.24) is 4.90 Å². The van der Waals surface area contributed by atoms with Crippen LogP contribution in [0.15, 0.2) is 48.5 Å². The molecule has 3 aliphatic rings. The van der Waals surface area contributed by atoms with Crippen LogP contribution in [0.4, 0.5) is 5.69 Å². The van der Waals surface area contributed by atoms with Gasteiger partial charge in [0.1, 0.15) is 5.60 Å². The fourth-order valence-corrected chi connectivity index (χ4v) is 6.48. The number of β-amino-alcohol motifs (C(OH)–C–C–N with tert-alkyl or cyclic N) is 1. The second kappa shape index (κ2) is 7.12. The smallest absolute Gasteiger partial charge is 0.101 e. The van der Waals surface area contributed by atoms with Crippen LogP contribution in [0.25, 0.3) is 0 Å². The van der Waals surface area contributed by atoms with E-state index in [0.717, 1.165) is 44.6 Å². The zero-order valence-electron chi connectivity index (χ0n) is 17.3. The van der Waals surface area contributed by atoms with Crippen molar-refractivity contribution in [3.8, 4) is 0 Å². The maximum absolute atomic E-state index is 11.4. The molecule has 0 aromatic heterocycles. The molecule has 4 nitrogen and oxygen atoms in total. The number of ether oxygens (including phenoxy) is 1. The fourth-order valence-electron chi connectivity index (χ4n) is 6.48. The number of aliphatic hydroxyl groups is 1. The first-order chi connectivity index (χ1) is 14.0. The first kappa shape index (κ1) is 19.1. The predicted octanol–water partition coefficient (Wildman–Crippen LogP) is 3.37. The van der Waals surface area contributed by atoms with E-state index in [0.29, 0.717) is 11.8 Å². The van der Waals surface area contributed by atoms with Crippen LogP contribution in [-0.4, -0.2) is 42.4 Å². The molecule has 1 saturated heterocycles. The van der Waals surface area contributed by atoms with Crippen LogP contribution in [0, 0.1) is 11.8 Å². The van der Waals surface area contributed by atoms with Gasteiger partial charge in [-0.25, -0.2) is 0 Å². The molecular formula is C25H32N2O2. The number of likely N-dealkylation sites (tertiary alicyclic amines) is 1. The van der Waals surface area contributed by atoms with Crippen LogP contribution in [0.1, 0.15) is 36.0 Å². The van der Waals surface area contributed by atoms with Gasteiger partial charge in [-0.3, -0.25) is 4.90 Å². The normalized spacial score (nSPS) is 34.1. The molecule has 5 rings (SSSR count). The van der Waals surface area contributed by atoms with Crippen molar-refractivity contribution >= 4 is 5.69 Å². The molecule has 29 heavy (non-hydrogen) atoms. The third kappa shape index (κ3) is 3.18. The topological polar surface area (TPSA) is 58.7 Å². The number of hydrogen-bond acceptors (Lipinski definition) is 4. The molecule has 2 aliphatic carbocycles. The van der Waals surface area contributed by atoms with Crippen LogP contribution in [0.5, 0.6) is 0 Å². The van der Waals surface area contributed by atoms with Crippen LogP contribution in [0.2, 0.25) is 0 Å². The van der Waals surface area contributed by atoms with Gasteiger partial charge in [0.15, 0.2) is 0 Å². The highest BCUT2D eigenvalue weighted by Crippen LogP contribution is 2.54. The van der Waals surface area contributed by atoms with Crippen molar-refractivity contribution < 1.29 is 9.84 Å². The van der Waals surface area contributed by atoms with Gasteiger partial charge in [0, 0.05) is 50.7 Å². The predicted molar refractivity (Wildman–Crippen MR) is 116 cm³/mol. The van der Waals surface area contributed by atoms with Gasteiger partial charge in [-0.2, -0.15) is 0 Å². The van der Waals surface area contributed by atoms with Crippen LogP contribution >= 0.6 is 0 Å². The summed E-state index contributed by atoms with van der Waals surface area (Å²) in [5.41, 5.74) is 9.96. The highest BCUT2D eigenvalue weighted by atomic mass is 16.5. The Hall–Kier alpha value is -1.88. The molecule has 1 saturated carbocycles. The Kier molecular flexibility index (Phi) is 4.69. The van der Waals surface area contributed by atoms with Gasteiger partial charge in [-0.1, -0.05) is 36.4 Å². The lowest BCUT2D eigenvalue weighted by Crippen LogP contribution is -2.57. The maximum Gasteiger partial charge on any atom is 0.101 e. The van der Waals surface area contributed by atoms with Crippen LogP contribution in [-0.2, 0) is 23.2 Å². The summed E-state index contributed by atoms with van der Waals surface area (Å²) < 4.78 is 6.27. The highest BCUT2D eigenvalue weighted by Gasteiger charge is 2.56. The Balaban J connectivity index is 1.35. The molecule has 2 bridgehead atoms. The number of piperidine rings is 1.